The van der Waals surface area contributed by atoms with Crippen molar-refractivity contribution in [2.45, 2.75) is 32.1 Å². The summed E-state index contributed by atoms with van der Waals surface area (Å²) in [5, 5.41) is 2.84. The molecule has 1 fully saturated rings. The van der Waals surface area contributed by atoms with E-state index in [0.29, 0.717) is 24.3 Å². The van der Waals surface area contributed by atoms with Crippen LogP contribution in [0, 0.1) is 5.82 Å². The second kappa shape index (κ2) is 8.08. The Labute approximate surface area is 159 Å². The average molecular weight is 390 g/mol. The van der Waals surface area contributed by atoms with Crippen molar-refractivity contribution in [1.82, 2.24) is 0 Å². The minimum atomic E-state index is -3.26. The Morgan fingerprint density at radius 1 is 1.22 bits per heavy atom. The standard InChI is InChI=1S/C20H23FN2O3S/c1-2-15(16-7-9-17(21)10-8-16)13-20(24)22-18-5-3-6-19(14-18)23-11-4-12-27(23,25)26/h3,5-10,14-15H,2,4,11-13H2,1H3,(H,22,24). The molecule has 0 aromatic heterocycles. The monoisotopic (exact) mass is 390 g/mol. The van der Waals surface area contributed by atoms with E-state index in [9.17, 15) is 17.6 Å². The van der Waals surface area contributed by atoms with E-state index in [1.807, 2.05) is 6.92 Å². The van der Waals surface area contributed by atoms with Gasteiger partial charge in [0.05, 0.1) is 11.4 Å². The van der Waals surface area contributed by atoms with E-state index in [1.165, 1.54) is 16.4 Å². The molecule has 1 N–H and O–H groups in total. The number of carbonyl (C=O) groups excluding carboxylic acids is 1. The van der Waals surface area contributed by atoms with Gasteiger partial charge < -0.3 is 5.32 Å². The predicted molar refractivity (Wildman–Crippen MR) is 105 cm³/mol. The van der Waals surface area contributed by atoms with Crippen molar-refractivity contribution in [2.75, 3.05) is 21.9 Å². The number of amides is 1. The summed E-state index contributed by atoms with van der Waals surface area (Å²) in [6, 6.07) is 13.1. The number of anilines is 2. The first-order chi connectivity index (χ1) is 12.9. The van der Waals surface area contributed by atoms with Crippen LogP contribution < -0.4 is 9.62 Å². The van der Waals surface area contributed by atoms with Gasteiger partial charge in [-0.25, -0.2) is 12.8 Å². The van der Waals surface area contributed by atoms with Gasteiger partial charge in [0.2, 0.25) is 15.9 Å². The van der Waals surface area contributed by atoms with Gasteiger partial charge in [-0.2, -0.15) is 0 Å². The Morgan fingerprint density at radius 2 is 1.96 bits per heavy atom. The van der Waals surface area contributed by atoms with Crippen molar-refractivity contribution >= 4 is 27.3 Å². The molecule has 1 aliphatic rings. The Morgan fingerprint density at radius 3 is 2.59 bits per heavy atom. The maximum Gasteiger partial charge on any atom is 0.235 e. The summed E-state index contributed by atoms with van der Waals surface area (Å²) in [5.41, 5.74) is 2.05. The van der Waals surface area contributed by atoms with Gasteiger partial charge in [0.1, 0.15) is 5.82 Å². The first-order valence-electron chi connectivity index (χ1n) is 9.05. The van der Waals surface area contributed by atoms with Gasteiger partial charge in [-0.05, 0) is 54.7 Å². The van der Waals surface area contributed by atoms with E-state index >= 15 is 0 Å². The smallest absolute Gasteiger partial charge is 0.235 e. The Kier molecular flexibility index (Phi) is 5.79. The Balaban J connectivity index is 1.68. The highest BCUT2D eigenvalue weighted by Gasteiger charge is 2.28. The van der Waals surface area contributed by atoms with Crippen molar-refractivity contribution in [2.24, 2.45) is 0 Å². The van der Waals surface area contributed by atoms with Crippen LogP contribution in [0.3, 0.4) is 0 Å². The number of benzene rings is 2. The molecule has 0 spiro atoms. The highest BCUT2D eigenvalue weighted by Crippen LogP contribution is 2.28. The van der Waals surface area contributed by atoms with Crippen LogP contribution in [-0.4, -0.2) is 26.6 Å². The molecular weight excluding hydrogens is 367 g/mol. The molecule has 2 aromatic rings. The number of hydrogen-bond acceptors (Lipinski definition) is 3. The van der Waals surface area contributed by atoms with E-state index in [2.05, 4.69) is 5.32 Å². The molecule has 1 aliphatic heterocycles. The lowest BCUT2D eigenvalue weighted by Crippen LogP contribution is -2.25. The number of nitrogens with zero attached hydrogens (tertiary/aromatic N) is 1. The second-order valence-corrected chi connectivity index (χ2v) is 8.71. The third-order valence-corrected chi connectivity index (χ3v) is 6.65. The van der Waals surface area contributed by atoms with E-state index in [4.69, 9.17) is 0 Å². The van der Waals surface area contributed by atoms with Gasteiger partial charge in [-0.15, -0.1) is 0 Å². The molecule has 7 heteroatoms. The molecule has 0 bridgehead atoms. The van der Waals surface area contributed by atoms with E-state index < -0.39 is 10.0 Å². The zero-order valence-electron chi connectivity index (χ0n) is 15.2. The SMILES string of the molecule is CCC(CC(=O)Nc1cccc(N2CCCS2(=O)=O)c1)c1ccc(F)cc1. The summed E-state index contributed by atoms with van der Waals surface area (Å²) < 4.78 is 38.6. The highest BCUT2D eigenvalue weighted by molar-refractivity contribution is 7.93. The number of rotatable bonds is 6. The second-order valence-electron chi connectivity index (χ2n) is 6.70. The van der Waals surface area contributed by atoms with Gasteiger partial charge in [-0.1, -0.05) is 25.1 Å². The molecule has 144 valence electrons. The minimum Gasteiger partial charge on any atom is -0.326 e. The van der Waals surface area contributed by atoms with Gasteiger partial charge in [0, 0.05) is 18.7 Å². The largest absolute Gasteiger partial charge is 0.326 e. The molecular formula is C20H23FN2O3S. The maximum absolute atomic E-state index is 13.1. The molecule has 1 atom stereocenters. The first kappa shape index (κ1) is 19.4. The molecule has 2 aromatic carbocycles. The van der Waals surface area contributed by atoms with E-state index in [1.54, 1.807) is 36.4 Å². The van der Waals surface area contributed by atoms with Crippen molar-refractivity contribution in [3.8, 4) is 0 Å². The third-order valence-electron chi connectivity index (χ3n) is 4.78. The molecule has 0 radical (unpaired) electrons. The summed E-state index contributed by atoms with van der Waals surface area (Å²) in [6.45, 7) is 2.45. The van der Waals surface area contributed by atoms with Crippen LogP contribution >= 0.6 is 0 Å². The quantitative estimate of drug-likeness (QED) is 0.814. The lowest BCUT2D eigenvalue weighted by atomic mass is 9.93. The molecule has 1 saturated heterocycles. The van der Waals surface area contributed by atoms with Crippen molar-refractivity contribution in [3.05, 3.63) is 59.9 Å². The zero-order chi connectivity index (χ0) is 19.4. The molecule has 27 heavy (non-hydrogen) atoms. The van der Waals surface area contributed by atoms with E-state index in [0.717, 1.165) is 12.0 Å². The summed E-state index contributed by atoms with van der Waals surface area (Å²) >= 11 is 0. The number of halogens is 1. The number of hydrogen-bond donors (Lipinski definition) is 1. The van der Waals surface area contributed by atoms with E-state index in [-0.39, 0.29) is 29.8 Å². The molecule has 1 unspecified atom stereocenters. The topological polar surface area (TPSA) is 66.5 Å². The highest BCUT2D eigenvalue weighted by atomic mass is 32.2. The van der Waals surface area contributed by atoms with Crippen LogP contribution in [0.25, 0.3) is 0 Å². The minimum absolute atomic E-state index is 0.00672. The maximum atomic E-state index is 13.1. The summed E-state index contributed by atoms with van der Waals surface area (Å²) in [4.78, 5) is 12.5. The number of sulfonamides is 1. The van der Waals surface area contributed by atoms with Crippen LogP contribution in [0.1, 0.15) is 37.7 Å². The normalized spacial score (nSPS) is 16.9. The zero-order valence-corrected chi connectivity index (χ0v) is 16.0. The molecule has 5 nitrogen and oxygen atoms in total. The Bertz CT molecular complexity index is 913. The average Bonchev–Trinajstić information content (AvgIpc) is 3.00. The summed E-state index contributed by atoms with van der Waals surface area (Å²) in [6.07, 6.45) is 1.63. The van der Waals surface area contributed by atoms with Crippen LogP contribution in [-0.2, 0) is 14.8 Å². The van der Waals surface area contributed by atoms with Gasteiger partial charge >= 0.3 is 0 Å². The van der Waals surface area contributed by atoms with Crippen molar-refractivity contribution in [3.63, 3.8) is 0 Å². The van der Waals surface area contributed by atoms with Crippen LogP contribution in [0.2, 0.25) is 0 Å². The predicted octanol–water partition coefficient (Wildman–Crippen LogP) is 3.89. The van der Waals surface area contributed by atoms with Gasteiger partial charge in [0.15, 0.2) is 0 Å². The summed E-state index contributed by atoms with van der Waals surface area (Å²) in [5.74, 6) is -0.313. The van der Waals surface area contributed by atoms with Crippen LogP contribution in [0.5, 0.6) is 0 Å². The molecule has 1 amide bonds. The molecule has 3 rings (SSSR count). The molecule has 1 heterocycles. The fourth-order valence-corrected chi connectivity index (χ4v) is 4.89. The third kappa shape index (κ3) is 4.66. The lowest BCUT2D eigenvalue weighted by Gasteiger charge is -2.18. The fraction of sp³-hybridized carbons (Fsp3) is 0.350. The molecule has 0 saturated carbocycles. The fourth-order valence-electron chi connectivity index (χ4n) is 3.34. The lowest BCUT2D eigenvalue weighted by molar-refractivity contribution is -0.116. The summed E-state index contributed by atoms with van der Waals surface area (Å²) in [7, 11) is -3.26. The number of nitrogens with one attached hydrogen (secondary N) is 1. The number of carbonyl (C=O) groups is 1. The molecule has 0 aliphatic carbocycles. The van der Waals surface area contributed by atoms with Gasteiger partial charge in [-0.3, -0.25) is 9.10 Å². The van der Waals surface area contributed by atoms with Crippen molar-refractivity contribution in [1.29, 1.82) is 0 Å². The van der Waals surface area contributed by atoms with Crippen molar-refractivity contribution < 1.29 is 17.6 Å². The van der Waals surface area contributed by atoms with Crippen LogP contribution in [0.4, 0.5) is 15.8 Å². The van der Waals surface area contributed by atoms with Gasteiger partial charge in [0.25, 0.3) is 0 Å². The Hall–Kier alpha value is -2.41. The first-order valence-corrected chi connectivity index (χ1v) is 10.7. The van der Waals surface area contributed by atoms with Crippen LogP contribution in [0.15, 0.2) is 48.5 Å².